The zero-order valence-electron chi connectivity index (χ0n) is 13.6. The van der Waals surface area contributed by atoms with Gasteiger partial charge in [0.25, 0.3) is 0 Å². The highest BCUT2D eigenvalue weighted by Gasteiger charge is 2.32. The second kappa shape index (κ2) is 7.64. The number of nitrogens with zero attached hydrogens (tertiary/aromatic N) is 1. The second-order valence-electron chi connectivity index (χ2n) is 6.60. The molecule has 2 heterocycles. The number of rotatable bonds is 5. The Bertz CT molecular complexity index is 478. The van der Waals surface area contributed by atoms with Crippen molar-refractivity contribution in [3.63, 3.8) is 0 Å². The van der Waals surface area contributed by atoms with E-state index >= 15 is 0 Å². The van der Waals surface area contributed by atoms with Gasteiger partial charge in [0.05, 0.1) is 17.6 Å². The first-order valence-electron chi connectivity index (χ1n) is 8.26. The van der Waals surface area contributed by atoms with Gasteiger partial charge in [0.15, 0.2) is 9.84 Å². The van der Waals surface area contributed by atoms with E-state index in [-0.39, 0.29) is 35.7 Å². The zero-order valence-corrected chi connectivity index (χ0v) is 14.4. The van der Waals surface area contributed by atoms with Gasteiger partial charge in [0.1, 0.15) is 0 Å². The zero-order chi connectivity index (χ0) is 16.2. The van der Waals surface area contributed by atoms with Crippen LogP contribution in [0, 0.1) is 0 Å². The minimum atomic E-state index is -2.96. The molecule has 6 nitrogen and oxygen atoms in total. The Morgan fingerprint density at radius 3 is 2.73 bits per heavy atom. The van der Waals surface area contributed by atoms with E-state index in [9.17, 15) is 13.2 Å². The summed E-state index contributed by atoms with van der Waals surface area (Å²) in [6.45, 7) is 5.42. The summed E-state index contributed by atoms with van der Waals surface area (Å²) in [5.41, 5.74) is 0. The summed E-state index contributed by atoms with van der Waals surface area (Å²) in [7, 11) is -2.96. The topological polar surface area (TPSA) is 75.7 Å². The molecule has 2 atom stereocenters. The molecule has 0 spiro atoms. The van der Waals surface area contributed by atoms with Crippen molar-refractivity contribution in [2.45, 2.75) is 64.1 Å². The van der Waals surface area contributed by atoms with E-state index in [0.29, 0.717) is 13.0 Å². The summed E-state index contributed by atoms with van der Waals surface area (Å²) in [6.07, 6.45) is 4.72. The van der Waals surface area contributed by atoms with Crippen LogP contribution in [-0.4, -0.2) is 62.2 Å². The molecule has 1 N–H and O–H groups in total. The van der Waals surface area contributed by atoms with Crippen molar-refractivity contribution in [3.05, 3.63) is 0 Å². The largest absolute Gasteiger partial charge is 0.379 e. The molecule has 0 aliphatic carbocycles. The average Bonchev–Trinajstić information content (AvgIpc) is 2.78. The molecule has 2 saturated heterocycles. The van der Waals surface area contributed by atoms with Gasteiger partial charge in [-0.05, 0) is 46.0 Å². The van der Waals surface area contributed by atoms with Crippen molar-refractivity contribution < 1.29 is 17.9 Å². The van der Waals surface area contributed by atoms with Crippen LogP contribution in [0.15, 0.2) is 0 Å². The molecule has 0 aromatic carbocycles. The van der Waals surface area contributed by atoms with Gasteiger partial charge in [-0.2, -0.15) is 0 Å². The lowest BCUT2D eigenvalue weighted by Gasteiger charge is -2.36. The van der Waals surface area contributed by atoms with Crippen LogP contribution in [0.1, 0.15) is 46.0 Å². The van der Waals surface area contributed by atoms with Crippen molar-refractivity contribution in [3.8, 4) is 0 Å². The molecule has 0 aromatic rings. The number of carbonyl (C=O) groups excluding carboxylic acids is 1. The smallest absolute Gasteiger partial charge is 0.317 e. The maximum Gasteiger partial charge on any atom is 0.317 e. The Hall–Kier alpha value is -0.820. The molecule has 0 bridgehead atoms. The number of carbonyl (C=O) groups is 1. The van der Waals surface area contributed by atoms with E-state index in [1.807, 2.05) is 18.7 Å². The van der Waals surface area contributed by atoms with E-state index in [1.165, 1.54) is 0 Å². The summed E-state index contributed by atoms with van der Waals surface area (Å²) in [5, 5.41) is 2.90. The van der Waals surface area contributed by atoms with Crippen LogP contribution in [0.5, 0.6) is 0 Å². The lowest BCUT2D eigenvalue weighted by atomic mass is 10.00. The van der Waals surface area contributed by atoms with Gasteiger partial charge in [-0.15, -0.1) is 0 Å². The van der Waals surface area contributed by atoms with Crippen molar-refractivity contribution in [2.24, 2.45) is 0 Å². The highest BCUT2D eigenvalue weighted by Crippen LogP contribution is 2.21. The van der Waals surface area contributed by atoms with Crippen LogP contribution < -0.4 is 5.32 Å². The first kappa shape index (κ1) is 17.5. The predicted molar refractivity (Wildman–Crippen MR) is 85.6 cm³/mol. The fraction of sp³-hybridized carbons (Fsp3) is 0.933. The molecule has 2 unspecified atom stereocenters. The molecule has 0 saturated carbocycles. The summed E-state index contributed by atoms with van der Waals surface area (Å²) in [4.78, 5) is 14.3. The highest BCUT2D eigenvalue weighted by atomic mass is 32.2. The lowest BCUT2D eigenvalue weighted by Crippen LogP contribution is -2.51. The van der Waals surface area contributed by atoms with Gasteiger partial charge in [-0.1, -0.05) is 0 Å². The van der Waals surface area contributed by atoms with Crippen LogP contribution in [0.4, 0.5) is 4.79 Å². The molecule has 2 aliphatic heterocycles. The van der Waals surface area contributed by atoms with Gasteiger partial charge in [-0.25, -0.2) is 13.2 Å². The number of ether oxygens (including phenoxy) is 1. The third kappa shape index (κ3) is 5.12. The summed E-state index contributed by atoms with van der Waals surface area (Å²) >= 11 is 0. The van der Waals surface area contributed by atoms with Gasteiger partial charge < -0.3 is 15.0 Å². The maximum absolute atomic E-state index is 12.5. The highest BCUT2D eigenvalue weighted by molar-refractivity contribution is 7.91. The van der Waals surface area contributed by atoms with Crippen molar-refractivity contribution in [1.29, 1.82) is 0 Å². The van der Waals surface area contributed by atoms with E-state index in [2.05, 4.69) is 5.32 Å². The first-order chi connectivity index (χ1) is 10.4. The molecule has 22 heavy (non-hydrogen) atoms. The minimum Gasteiger partial charge on any atom is -0.379 e. The molecular formula is C15H28N2O4S. The Morgan fingerprint density at radius 2 is 2.09 bits per heavy atom. The number of urea groups is 1. The molecule has 0 radical (unpaired) electrons. The van der Waals surface area contributed by atoms with Gasteiger partial charge in [0, 0.05) is 25.2 Å². The van der Waals surface area contributed by atoms with E-state index in [1.54, 1.807) is 0 Å². The Kier molecular flexibility index (Phi) is 6.09. The molecule has 2 aliphatic rings. The number of hydrogen-bond acceptors (Lipinski definition) is 4. The van der Waals surface area contributed by atoms with Gasteiger partial charge in [-0.3, -0.25) is 0 Å². The van der Waals surface area contributed by atoms with Crippen LogP contribution in [-0.2, 0) is 14.6 Å². The Morgan fingerprint density at radius 1 is 1.32 bits per heavy atom. The molecule has 2 rings (SSSR count). The lowest BCUT2D eigenvalue weighted by molar-refractivity contribution is 0.0551. The fourth-order valence-corrected chi connectivity index (χ4v) is 4.85. The van der Waals surface area contributed by atoms with Gasteiger partial charge in [0.2, 0.25) is 0 Å². The number of hydrogen-bond donors (Lipinski definition) is 1. The average molecular weight is 332 g/mol. The van der Waals surface area contributed by atoms with Crippen LogP contribution in [0.2, 0.25) is 0 Å². The number of sulfone groups is 1. The molecule has 128 valence electrons. The number of piperidine rings is 1. The van der Waals surface area contributed by atoms with E-state index in [4.69, 9.17) is 4.74 Å². The number of amides is 2. The molecule has 7 heteroatoms. The standard InChI is InChI=1S/C15H28N2O4S/c1-12(2)21-9-6-14-5-3-4-8-17(14)15(18)16-13-7-10-22(19,20)11-13/h12-14H,3-11H2,1-2H3,(H,16,18). The van der Waals surface area contributed by atoms with Crippen LogP contribution in [0.25, 0.3) is 0 Å². The SMILES string of the molecule is CC(C)OCCC1CCCCN1C(=O)NC1CCS(=O)(=O)C1. The molecular weight excluding hydrogens is 304 g/mol. The Balaban J connectivity index is 1.85. The van der Waals surface area contributed by atoms with Crippen molar-refractivity contribution in [1.82, 2.24) is 10.2 Å². The molecule has 2 fully saturated rings. The number of likely N-dealkylation sites (tertiary alicyclic amines) is 1. The molecule has 2 amide bonds. The van der Waals surface area contributed by atoms with E-state index < -0.39 is 9.84 Å². The third-order valence-corrected chi connectivity index (χ3v) is 6.12. The maximum atomic E-state index is 12.5. The Labute approximate surface area is 133 Å². The monoisotopic (exact) mass is 332 g/mol. The normalized spacial score (nSPS) is 28.0. The van der Waals surface area contributed by atoms with Crippen molar-refractivity contribution >= 4 is 15.9 Å². The fourth-order valence-electron chi connectivity index (χ4n) is 3.17. The van der Waals surface area contributed by atoms with Gasteiger partial charge >= 0.3 is 6.03 Å². The summed E-state index contributed by atoms with van der Waals surface area (Å²) < 4.78 is 28.6. The third-order valence-electron chi connectivity index (χ3n) is 4.35. The van der Waals surface area contributed by atoms with Crippen LogP contribution >= 0.6 is 0 Å². The quantitative estimate of drug-likeness (QED) is 0.829. The van der Waals surface area contributed by atoms with Crippen LogP contribution in [0.3, 0.4) is 0 Å². The summed E-state index contributed by atoms with van der Waals surface area (Å²) in [6, 6.07) is -0.145. The molecule has 0 aromatic heterocycles. The minimum absolute atomic E-state index is 0.0771. The number of nitrogens with one attached hydrogen (secondary N) is 1. The second-order valence-corrected chi connectivity index (χ2v) is 8.83. The van der Waals surface area contributed by atoms with Crippen molar-refractivity contribution in [2.75, 3.05) is 24.7 Å². The van der Waals surface area contributed by atoms with E-state index in [0.717, 1.165) is 32.2 Å². The first-order valence-corrected chi connectivity index (χ1v) is 10.1. The summed E-state index contributed by atoms with van der Waals surface area (Å²) in [5.74, 6) is 0.261. The predicted octanol–water partition coefficient (Wildman–Crippen LogP) is 1.55.